The van der Waals surface area contributed by atoms with Gasteiger partial charge in [-0.15, -0.1) is 11.8 Å². The number of carboxylic acid groups (broad SMARTS) is 1. The molecule has 1 heterocycles. The summed E-state index contributed by atoms with van der Waals surface area (Å²) in [7, 11) is 0. The van der Waals surface area contributed by atoms with E-state index in [9.17, 15) is 4.79 Å². The van der Waals surface area contributed by atoms with Gasteiger partial charge < -0.3 is 9.84 Å². The highest BCUT2D eigenvalue weighted by Crippen LogP contribution is 2.30. The third-order valence-electron chi connectivity index (χ3n) is 1.93. The second-order valence-electron chi connectivity index (χ2n) is 3.21. The molecule has 0 spiro atoms. The average Bonchev–Trinajstić information content (AvgIpc) is 2.46. The van der Waals surface area contributed by atoms with Crippen LogP contribution < -0.4 is 5.32 Å². The van der Waals surface area contributed by atoms with Gasteiger partial charge in [-0.25, -0.2) is 0 Å². The molecule has 0 radical (unpaired) electrons. The van der Waals surface area contributed by atoms with Crippen LogP contribution in [0.1, 0.15) is 13.8 Å². The Bertz CT molecular complexity index is 200. The maximum absolute atomic E-state index is 10.6. The molecule has 1 rings (SSSR count). The van der Waals surface area contributed by atoms with Gasteiger partial charge in [0.25, 0.3) is 0 Å². The molecule has 5 heteroatoms. The second-order valence-corrected chi connectivity index (χ2v) is 4.74. The van der Waals surface area contributed by atoms with E-state index in [4.69, 9.17) is 9.84 Å². The smallest absolute Gasteiger partial charge is 0.321 e. The molecular weight excluding hydrogens is 190 g/mol. The molecule has 0 amide bonds. The summed E-state index contributed by atoms with van der Waals surface area (Å²) in [5, 5.41) is 11.8. The summed E-state index contributed by atoms with van der Waals surface area (Å²) in [6.07, 6.45) is 0. The molecule has 2 unspecified atom stereocenters. The number of hydrogen-bond acceptors (Lipinski definition) is 4. The van der Waals surface area contributed by atoms with Gasteiger partial charge in [0.1, 0.15) is 6.04 Å². The lowest BCUT2D eigenvalue weighted by Gasteiger charge is -2.23. The lowest BCUT2D eigenvalue weighted by molar-refractivity contribution is -0.139. The quantitative estimate of drug-likeness (QED) is 0.701. The summed E-state index contributed by atoms with van der Waals surface area (Å²) in [5.41, 5.74) is 0. The van der Waals surface area contributed by atoms with E-state index in [1.54, 1.807) is 11.8 Å². The van der Waals surface area contributed by atoms with E-state index in [1.807, 2.05) is 13.8 Å². The summed E-state index contributed by atoms with van der Waals surface area (Å²) in [6.45, 7) is 5.11. The first-order valence-corrected chi connectivity index (χ1v) is 5.28. The molecule has 0 aromatic rings. The van der Waals surface area contributed by atoms with Crippen LogP contribution in [0, 0.1) is 0 Å². The Kier molecular flexibility index (Phi) is 3.58. The van der Waals surface area contributed by atoms with Crippen LogP contribution in [0.4, 0.5) is 0 Å². The SMILES string of the molecule is CCOCC1(C)NC(C(=O)O)CS1. The molecule has 2 N–H and O–H groups in total. The third-order valence-corrected chi connectivity index (χ3v) is 3.30. The summed E-state index contributed by atoms with van der Waals surface area (Å²) in [4.78, 5) is 10.4. The topological polar surface area (TPSA) is 58.6 Å². The maximum Gasteiger partial charge on any atom is 0.321 e. The Morgan fingerprint density at radius 1 is 1.85 bits per heavy atom. The van der Waals surface area contributed by atoms with E-state index in [-0.39, 0.29) is 4.87 Å². The number of rotatable bonds is 4. The predicted molar refractivity (Wildman–Crippen MR) is 51.9 cm³/mol. The van der Waals surface area contributed by atoms with Crippen LogP contribution >= 0.6 is 11.8 Å². The van der Waals surface area contributed by atoms with Crippen molar-refractivity contribution in [1.29, 1.82) is 0 Å². The minimum Gasteiger partial charge on any atom is -0.480 e. The Morgan fingerprint density at radius 2 is 2.54 bits per heavy atom. The Balaban J connectivity index is 2.41. The first kappa shape index (κ1) is 10.8. The van der Waals surface area contributed by atoms with Crippen molar-refractivity contribution in [1.82, 2.24) is 5.32 Å². The first-order chi connectivity index (χ1) is 6.07. The third kappa shape index (κ3) is 2.86. The highest BCUT2D eigenvalue weighted by Gasteiger charge is 2.38. The molecule has 0 aromatic carbocycles. The number of aliphatic carboxylic acids is 1. The Hall–Kier alpha value is -0.260. The van der Waals surface area contributed by atoms with Crippen molar-refractivity contribution in [2.24, 2.45) is 0 Å². The van der Waals surface area contributed by atoms with Gasteiger partial charge in [-0.1, -0.05) is 0 Å². The zero-order valence-electron chi connectivity index (χ0n) is 7.87. The van der Waals surface area contributed by atoms with Crippen LogP contribution in [0.25, 0.3) is 0 Å². The van der Waals surface area contributed by atoms with Crippen LogP contribution in [0.3, 0.4) is 0 Å². The van der Waals surface area contributed by atoms with Crippen molar-refractivity contribution in [2.45, 2.75) is 24.8 Å². The molecule has 76 valence electrons. The number of ether oxygens (including phenoxy) is 1. The van der Waals surface area contributed by atoms with Crippen molar-refractivity contribution in [2.75, 3.05) is 19.0 Å². The van der Waals surface area contributed by atoms with Crippen molar-refractivity contribution in [3.63, 3.8) is 0 Å². The number of carboxylic acids is 1. The zero-order valence-corrected chi connectivity index (χ0v) is 8.69. The molecule has 0 saturated carbocycles. The summed E-state index contributed by atoms with van der Waals surface area (Å²) in [5.74, 6) is -0.174. The lowest BCUT2D eigenvalue weighted by Crippen LogP contribution is -2.45. The number of hydrogen-bond donors (Lipinski definition) is 2. The highest BCUT2D eigenvalue weighted by atomic mass is 32.2. The van der Waals surface area contributed by atoms with Crippen LogP contribution in [-0.4, -0.2) is 41.0 Å². The lowest BCUT2D eigenvalue weighted by atomic mass is 10.3. The van der Waals surface area contributed by atoms with Gasteiger partial charge in [0, 0.05) is 12.4 Å². The minimum absolute atomic E-state index is 0.237. The number of carbonyl (C=O) groups is 1. The van der Waals surface area contributed by atoms with Gasteiger partial charge in [0.15, 0.2) is 0 Å². The van der Waals surface area contributed by atoms with Crippen molar-refractivity contribution < 1.29 is 14.6 Å². The van der Waals surface area contributed by atoms with Crippen LogP contribution in [0.15, 0.2) is 0 Å². The normalized spacial score (nSPS) is 33.5. The fourth-order valence-corrected chi connectivity index (χ4v) is 2.39. The van der Waals surface area contributed by atoms with E-state index in [0.29, 0.717) is 19.0 Å². The minimum atomic E-state index is -0.785. The Morgan fingerprint density at radius 3 is 3.00 bits per heavy atom. The maximum atomic E-state index is 10.6. The molecule has 4 nitrogen and oxygen atoms in total. The van der Waals surface area contributed by atoms with E-state index in [2.05, 4.69) is 5.32 Å². The van der Waals surface area contributed by atoms with Gasteiger partial charge in [-0.2, -0.15) is 0 Å². The van der Waals surface area contributed by atoms with E-state index in [1.165, 1.54) is 0 Å². The van der Waals surface area contributed by atoms with Crippen molar-refractivity contribution in [3.8, 4) is 0 Å². The van der Waals surface area contributed by atoms with Gasteiger partial charge >= 0.3 is 5.97 Å². The monoisotopic (exact) mass is 205 g/mol. The highest BCUT2D eigenvalue weighted by molar-refractivity contribution is 8.00. The molecule has 13 heavy (non-hydrogen) atoms. The second kappa shape index (κ2) is 4.30. The molecule has 0 aliphatic carbocycles. The molecule has 1 aliphatic rings. The zero-order chi connectivity index (χ0) is 9.90. The molecular formula is C8H15NO3S. The number of nitrogens with one attached hydrogen (secondary N) is 1. The molecule has 1 aliphatic heterocycles. The average molecular weight is 205 g/mol. The predicted octanol–water partition coefficient (Wildman–Crippen LogP) is 0.529. The standard InChI is InChI=1S/C8H15NO3S/c1-3-12-5-8(2)9-6(4-13-8)7(10)11/h6,9H,3-5H2,1-2H3,(H,10,11). The Labute approximate surface area is 82.0 Å². The van der Waals surface area contributed by atoms with Crippen LogP contribution in [0.5, 0.6) is 0 Å². The van der Waals surface area contributed by atoms with Crippen molar-refractivity contribution >= 4 is 17.7 Å². The number of thioether (sulfide) groups is 1. The van der Waals surface area contributed by atoms with E-state index >= 15 is 0 Å². The van der Waals surface area contributed by atoms with Crippen molar-refractivity contribution in [3.05, 3.63) is 0 Å². The fourth-order valence-electron chi connectivity index (χ4n) is 1.23. The first-order valence-electron chi connectivity index (χ1n) is 4.29. The van der Waals surface area contributed by atoms with Gasteiger partial charge in [0.2, 0.25) is 0 Å². The largest absolute Gasteiger partial charge is 0.480 e. The summed E-state index contributed by atoms with van der Waals surface area (Å²) >= 11 is 1.60. The summed E-state index contributed by atoms with van der Waals surface area (Å²) < 4.78 is 5.27. The van der Waals surface area contributed by atoms with Crippen LogP contribution in [0.2, 0.25) is 0 Å². The molecule has 0 aromatic heterocycles. The van der Waals surface area contributed by atoms with Gasteiger partial charge in [0.05, 0.1) is 11.5 Å². The van der Waals surface area contributed by atoms with Crippen LogP contribution in [-0.2, 0) is 9.53 Å². The van der Waals surface area contributed by atoms with Gasteiger partial charge in [-0.3, -0.25) is 10.1 Å². The molecule has 1 saturated heterocycles. The molecule has 1 fully saturated rings. The molecule has 2 atom stereocenters. The fraction of sp³-hybridized carbons (Fsp3) is 0.875. The van der Waals surface area contributed by atoms with Gasteiger partial charge in [-0.05, 0) is 13.8 Å². The van der Waals surface area contributed by atoms with E-state index < -0.39 is 12.0 Å². The molecule has 0 bridgehead atoms. The van der Waals surface area contributed by atoms with E-state index in [0.717, 1.165) is 0 Å². The summed E-state index contributed by atoms with van der Waals surface area (Å²) in [6, 6.07) is -0.435.